The van der Waals surface area contributed by atoms with Crippen molar-refractivity contribution in [1.29, 1.82) is 0 Å². The van der Waals surface area contributed by atoms with Gasteiger partial charge in [-0.25, -0.2) is 13.2 Å². The third-order valence-electron chi connectivity index (χ3n) is 5.47. The van der Waals surface area contributed by atoms with Crippen molar-refractivity contribution in [3.8, 4) is 0 Å². The second-order valence-electron chi connectivity index (χ2n) is 8.23. The van der Waals surface area contributed by atoms with E-state index in [1.807, 2.05) is 0 Å². The summed E-state index contributed by atoms with van der Waals surface area (Å²) >= 11 is 5.77. The largest absolute Gasteiger partial charge is 0.460 e. The topological polar surface area (TPSA) is 90.0 Å². The lowest BCUT2D eigenvalue weighted by molar-refractivity contribution is -0.167. The van der Waals surface area contributed by atoms with Crippen molar-refractivity contribution in [1.82, 2.24) is 4.31 Å². The zero-order valence-corrected chi connectivity index (χ0v) is 19.4. The average Bonchev–Trinajstić information content (AvgIpc) is 2.66. The molecule has 1 fully saturated rings. The van der Waals surface area contributed by atoms with E-state index in [0.29, 0.717) is 16.9 Å². The minimum Gasteiger partial charge on any atom is -0.460 e. The number of sulfonamides is 1. The van der Waals surface area contributed by atoms with Gasteiger partial charge in [-0.05, 0) is 54.9 Å². The summed E-state index contributed by atoms with van der Waals surface area (Å²) in [5.41, 5.74) is 0. The van der Waals surface area contributed by atoms with E-state index in [1.54, 1.807) is 0 Å². The van der Waals surface area contributed by atoms with Crippen LogP contribution in [0.1, 0.15) is 40.0 Å². The summed E-state index contributed by atoms with van der Waals surface area (Å²) in [5, 5.41) is 0.404. The Morgan fingerprint density at radius 1 is 1.17 bits per heavy atom. The number of nitrogens with zero attached hydrogens (tertiary/aromatic N) is 1. The van der Waals surface area contributed by atoms with E-state index < -0.39 is 35.1 Å². The van der Waals surface area contributed by atoms with E-state index in [-0.39, 0.29) is 16.9 Å². The number of ether oxygens (including phenoxy) is 2. The molecule has 1 saturated carbocycles. The maximum absolute atomic E-state index is 12.5. The van der Waals surface area contributed by atoms with Crippen LogP contribution < -0.4 is 0 Å². The Balaban J connectivity index is 1.86. The van der Waals surface area contributed by atoms with Crippen molar-refractivity contribution in [3.05, 3.63) is 29.3 Å². The van der Waals surface area contributed by atoms with E-state index in [2.05, 4.69) is 20.8 Å². The van der Waals surface area contributed by atoms with Crippen LogP contribution in [0.4, 0.5) is 0 Å². The molecule has 2 rings (SSSR count). The molecule has 0 amide bonds. The molecule has 0 saturated heterocycles. The van der Waals surface area contributed by atoms with Gasteiger partial charge in [0, 0.05) is 12.1 Å². The Hall–Kier alpha value is -1.64. The molecule has 1 aromatic rings. The van der Waals surface area contributed by atoms with Crippen LogP contribution in [0, 0.1) is 17.8 Å². The van der Waals surface area contributed by atoms with E-state index in [1.165, 1.54) is 31.3 Å². The van der Waals surface area contributed by atoms with Gasteiger partial charge < -0.3 is 9.47 Å². The van der Waals surface area contributed by atoms with Gasteiger partial charge in [0.2, 0.25) is 10.0 Å². The van der Waals surface area contributed by atoms with E-state index in [4.69, 9.17) is 21.1 Å². The normalized spacial score (nSPS) is 22.2. The zero-order valence-electron chi connectivity index (χ0n) is 17.8. The van der Waals surface area contributed by atoms with E-state index in [9.17, 15) is 18.0 Å². The third-order valence-corrected chi connectivity index (χ3v) is 7.54. The van der Waals surface area contributed by atoms with Crippen LogP contribution in [-0.2, 0) is 29.1 Å². The lowest BCUT2D eigenvalue weighted by atomic mass is 9.75. The van der Waals surface area contributed by atoms with Gasteiger partial charge in [0.1, 0.15) is 12.6 Å². The molecule has 0 aliphatic heterocycles. The molecule has 0 N–H and O–H groups in total. The molecule has 1 aliphatic rings. The van der Waals surface area contributed by atoms with Gasteiger partial charge in [-0.15, -0.1) is 0 Å². The van der Waals surface area contributed by atoms with Crippen molar-refractivity contribution in [2.75, 3.05) is 20.2 Å². The van der Waals surface area contributed by atoms with Crippen molar-refractivity contribution >= 4 is 33.6 Å². The number of carbonyl (C=O) groups is 2. The van der Waals surface area contributed by atoms with Crippen molar-refractivity contribution in [3.63, 3.8) is 0 Å². The van der Waals surface area contributed by atoms with Crippen molar-refractivity contribution in [2.24, 2.45) is 17.8 Å². The molecule has 0 bridgehead atoms. The number of carbonyl (C=O) groups excluding carboxylic acids is 2. The summed E-state index contributed by atoms with van der Waals surface area (Å²) in [4.78, 5) is 24.2. The third kappa shape index (κ3) is 6.68. The minimum absolute atomic E-state index is 0.00718. The highest BCUT2D eigenvalue weighted by Crippen LogP contribution is 2.35. The lowest BCUT2D eigenvalue weighted by Crippen LogP contribution is -2.37. The highest BCUT2D eigenvalue weighted by molar-refractivity contribution is 7.89. The van der Waals surface area contributed by atoms with E-state index in [0.717, 1.165) is 23.6 Å². The molecule has 9 heteroatoms. The number of halogens is 1. The van der Waals surface area contributed by atoms with Crippen LogP contribution in [0.15, 0.2) is 29.2 Å². The molecule has 1 aliphatic carbocycles. The SMILES string of the molecule is CC(C)[C@H]1CC[C@@H](C)C[C@H]1OC(=O)COC(=O)CN(C)S(=O)(=O)c1ccc(Cl)cc1. The first-order chi connectivity index (χ1) is 14.0. The standard InChI is InChI=1S/C21H30ClNO6S/c1-14(2)18-10-5-15(3)11-19(18)29-21(25)13-28-20(24)12-23(4)30(26,27)17-8-6-16(22)7-9-17/h6-9,14-15,18-19H,5,10-13H2,1-4H3/t15-,18-,19-/m1/s1. The number of hydrogen-bond acceptors (Lipinski definition) is 6. The van der Waals surface area contributed by atoms with Crippen LogP contribution in [0.3, 0.4) is 0 Å². The first kappa shape index (κ1) is 24.6. The van der Waals surface area contributed by atoms with Gasteiger partial charge >= 0.3 is 11.9 Å². The van der Waals surface area contributed by atoms with Crippen LogP contribution in [0.2, 0.25) is 5.02 Å². The second-order valence-corrected chi connectivity index (χ2v) is 10.7. The predicted octanol–water partition coefficient (Wildman–Crippen LogP) is 3.51. The summed E-state index contributed by atoms with van der Waals surface area (Å²) in [5.74, 6) is -0.283. The molecule has 0 heterocycles. The number of benzene rings is 1. The summed E-state index contributed by atoms with van der Waals surface area (Å²) in [6.07, 6.45) is 2.72. The molecular weight excluding hydrogens is 430 g/mol. The number of hydrogen-bond donors (Lipinski definition) is 0. The van der Waals surface area contributed by atoms with Gasteiger partial charge in [0.25, 0.3) is 0 Å². The van der Waals surface area contributed by atoms with E-state index >= 15 is 0 Å². The van der Waals surface area contributed by atoms with Gasteiger partial charge in [-0.3, -0.25) is 4.79 Å². The average molecular weight is 460 g/mol. The summed E-state index contributed by atoms with van der Waals surface area (Å²) < 4.78 is 36.4. The summed E-state index contributed by atoms with van der Waals surface area (Å²) in [7, 11) is -2.61. The first-order valence-corrected chi connectivity index (χ1v) is 11.9. The lowest BCUT2D eigenvalue weighted by Gasteiger charge is -2.36. The molecule has 1 aromatic carbocycles. The molecule has 0 spiro atoms. The monoisotopic (exact) mass is 459 g/mol. The highest BCUT2D eigenvalue weighted by atomic mass is 35.5. The smallest absolute Gasteiger partial charge is 0.344 e. The molecule has 0 unspecified atom stereocenters. The molecule has 168 valence electrons. The van der Waals surface area contributed by atoms with Gasteiger partial charge in [0.05, 0.1) is 4.90 Å². The quantitative estimate of drug-likeness (QED) is 0.552. The van der Waals surface area contributed by atoms with Gasteiger partial charge in [-0.2, -0.15) is 4.31 Å². The number of likely N-dealkylation sites (N-methyl/N-ethyl adjacent to an activating group) is 1. The molecule has 3 atom stereocenters. The van der Waals surface area contributed by atoms with Gasteiger partial charge in [-0.1, -0.05) is 38.8 Å². The Morgan fingerprint density at radius 3 is 2.40 bits per heavy atom. The Bertz CT molecular complexity index is 840. The highest BCUT2D eigenvalue weighted by Gasteiger charge is 2.33. The molecule has 0 radical (unpaired) electrons. The Morgan fingerprint density at radius 2 is 1.80 bits per heavy atom. The first-order valence-electron chi connectivity index (χ1n) is 10.1. The second kappa shape index (κ2) is 10.6. The van der Waals surface area contributed by atoms with Crippen LogP contribution in [-0.4, -0.2) is 51.0 Å². The summed E-state index contributed by atoms with van der Waals surface area (Å²) in [6.45, 7) is 5.29. The van der Waals surface area contributed by atoms with Crippen LogP contribution in [0.5, 0.6) is 0 Å². The summed E-state index contributed by atoms with van der Waals surface area (Å²) in [6, 6.07) is 5.61. The number of esters is 2. The maximum atomic E-state index is 12.5. The minimum atomic E-state index is -3.88. The zero-order chi connectivity index (χ0) is 22.5. The fraction of sp³-hybridized carbons (Fsp3) is 0.619. The predicted molar refractivity (Wildman–Crippen MR) is 113 cm³/mol. The maximum Gasteiger partial charge on any atom is 0.344 e. The molecule has 0 aromatic heterocycles. The van der Waals surface area contributed by atoms with Crippen molar-refractivity contribution < 1.29 is 27.5 Å². The fourth-order valence-electron chi connectivity index (χ4n) is 3.69. The molecule has 30 heavy (non-hydrogen) atoms. The number of rotatable bonds is 8. The van der Waals surface area contributed by atoms with Gasteiger partial charge in [0.15, 0.2) is 6.61 Å². The van der Waals surface area contributed by atoms with Crippen LogP contribution in [0.25, 0.3) is 0 Å². The van der Waals surface area contributed by atoms with Crippen molar-refractivity contribution in [2.45, 2.75) is 51.0 Å². The fourth-order valence-corrected chi connectivity index (χ4v) is 4.93. The van der Waals surface area contributed by atoms with Crippen LogP contribution >= 0.6 is 11.6 Å². The molecule has 7 nitrogen and oxygen atoms in total. The Kier molecular flexibility index (Phi) is 8.70. The Labute approximate surface area is 183 Å². The molecular formula is C21H30ClNO6S.